The van der Waals surface area contributed by atoms with E-state index >= 15 is 0 Å². The first-order valence-corrected chi connectivity index (χ1v) is 4.93. The van der Waals surface area contributed by atoms with E-state index in [1.807, 2.05) is 25.1 Å². The number of aromatic nitrogens is 1. The Morgan fingerprint density at radius 1 is 1.50 bits per heavy atom. The predicted octanol–water partition coefficient (Wildman–Crippen LogP) is 1.84. The van der Waals surface area contributed by atoms with Gasteiger partial charge < -0.3 is 10.1 Å². The SMILES string of the molecule is Cc1cccc(NCC2(C)COC2)n1. The molecule has 2 rings (SSSR count). The quantitative estimate of drug-likeness (QED) is 0.793. The number of aryl methyl sites for hydroxylation is 1. The molecule has 0 radical (unpaired) electrons. The van der Waals surface area contributed by atoms with Gasteiger partial charge in [0, 0.05) is 17.7 Å². The van der Waals surface area contributed by atoms with E-state index in [4.69, 9.17) is 4.74 Å². The zero-order valence-corrected chi connectivity index (χ0v) is 8.71. The minimum absolute atomic E-state index is 0.297. The lowest BCUT2D eigenvalue weighted by Crippen LogP contribution is -2.45. The van der Waals surface area contributed by atoms with Gasteiger partial charge in [0.2, 0.25) is 0 Å². The number of hydrogen-bond donors (Lipinski definition) is 1. The molecule has 0 aromatic carbocycles. The van der Waals surface area contributed by atoms with Gasteiger partial charge in [0.25, 0.3) is 0 Å². The highest BCUT2D eigenvalue weighted by atomic mass is 16.5. The molecule has 1 aliphatic heterocycles. The van der Waals surface area contributed by atoms with E-state index in [0.717, 1.165) is 31.3 Å². The summed E-state index contributed by atoms with van der Waals surface area (Å²) in [5.41, 5.74) is 1.34. The summed E-state index contributed by atoms with van der Waals surface area (Å²) >= 11 is 0. The molecule has 0 saturated carbocycles. The number of rotatable bonds is 3. The van der Waals surface area contributed by atoms with Gasteiger partial charge >= 0.3 is 0 Å². The molecule has 0 bridgehead atoms. The monoisotopic (exact) mass is 192 g/mol. The minimum Gasteiger partial charge on any atom is -0.380 e. The van der Waals surface area contributed by atoms with Crippen LogP contribution in [0.2, 0.25) is 0 Å². The third-order valence-corrected chi connectivity index (χ3v) is 2.49. The summed E-state index contributed by atoms with van der Waals surface area (Å²) in [4.78, 5) is 4.38. The van der Waals surface area contributed by atoms with Crippen molar-refractivity contribution in [2.45, 2.75) is 13.8 Å². The normalized spacial score (nSPS) is 18.7. The average molecular weight is 192 g/mol. The van der Waals surface area contributed by atoms with E-state index in [1.54, 1.807) is 0 Å². The number of nitrogens with zero attached hydrogens (tertiary/aromatic N) is 1. The average Bonchev–Trinajstić information content (AvgIpc) is 2.12. The molecule has 14 heavy (non-hydrogen) atoms. The summed E-state index contributed by atoms with van der Waals surface area (Å²) < 4.78 is 5.19. The highest BCUT2D eigenvalue weighted by Crippen LogP contribution is 2.26. The smallest absolute Gasteiger partial charge is 0.126 e. The van der Waals surface area contributed by atoms with E-state index in [-0.39, 0.29) is 0 Å². The Labute approximate surface area is 84.5 Å². The number of nitrogens with one attached hydrogen (secondary N) is 1. The third-order valence-electron chi connectivity index (χ3n) is 2.49. The molecule has 0 amide bonds. The number of anilines is 1. The molecule has 3 nitrogen and oxygen atoms in total. The molecule has 1 aliphatic rings. The Balaban J connectivity index is 1.91. The molecule has 1 N–H and O–H groups in total. The Kier molecular flexibility index (Phi) is 2.42. The van der Waals surface area contributed by atoms with Crippen LogP contribution in [0.4, 0.5) is 5.82 Å². The summed E-state index contributed by atoms with van der Waals surface area (Å²) in [6.07, 6.45) is 0. The van der Waals surface area contributed by atoms with Crippen molar-refractivity contribution < 1.29 is 4.74 Å². The van der Waals surface area contributed by atoms with Crippen LogP contribution in [-0.4, -0.2) is 24.7 Å². The van der Waals surface area contributed by atoms with Crippen LogP contribution in [0.1, 0.15) is 12.6 Å². The van der Waals surface area contributed by atoms with Crippen molar-refractivity contribution in [3.05, 3.63) is 23.9 Å². The van der Waals surface area contributed by atoms with Crippen molar-refractivity contribution in [3.63, 3.8) is 0 Å². The molecule has 1 aromatic heterocycles. The summed E-state index contributed by atoms with van der Waals surface area (Å²) in [5, 5.41) is 3.34. The van der Waals surface area contributed by atoms with Crippen LogP contribution in [0.25, 0.3) is 0 Å². The molecule has 0 spiro atoms. The molecular formula is C11H16N2O. The molecule has 76 valence electrons. The van der Waals surface area contributed by atoms with Gasteiger partial charge in [-0.2, -0.15) is 0 Å². The molecule has 0 atom stereocenters. The first-order chi connectivity index (χ1) is 6.68. The fourth-order valence-corrected chi connectivity index (χ4v) is 1.50. The predicted molar refractivity (Wildman–Crippen MR) is 56.4 cm³/mol. The largest absolute Gasteiger partial charge is 0.380 e. The maximum Gasteiger partial charge on any atom is 0.126 e. The molecular weight excluding hydrogens is 176 g/mol. The lowest BCUT2D eigenvalue weighted by molar-refractivity contribution is -0.0924. The second-order valence-corrected chi connectivity index (χ2v) is 4.32. The molecule has 1 fully saturated rings. The van der Waals surface area contributed by atoms with Gasteiger partial charge in [0.1, 0.15) is 5.82 Å². The first-order valence-electron chi connectivity index (χ1n) is 4.93. The van der Waals surface area contributed by atoms with E-state index in [9.17, 15) is 0 Å². The molecule has 0 aliphatic carbocycles. The maximum atomic E-state index is 5.19. The molecule has 2 heterocycles. The van der Waals surface area contributed by atoms with E-state index < -0.39 is 0 Å². The van der Waals surface area contributed by atoms with Crippen molar-refractivity contribution >= 4 is 5.82 Å². The Bertz CT molecular complexity index is 321. The van der Waals surface area contributed by atoms with E-state index in [2.05, 4.69) is 17.2 Å². The van der Waals surface area contributed by atoms with Crippen molar-refractivity contribution in [2.24, 2.45) is 5.41 Å². The highest BCUT2D eigenvalue weighted by Gasteiger charge is 2.32. The minimum atomic E-state index is 0.297. The van der Waals surface area contributed by atoms with Crippen molar-refractivity contribution in [1.82, 2.24) is 4.98 Å². The van der Waals surface area contributed by atoms with Crippen LogP contribution in [0.5, 0.6) is 0 Å². The lowest BCUT2D eigenvalue weighted by Gasteiger charge is -2.38. The molecule has 1 aromatic rings. The second kappa shape index (κ2) is 3.58. The first kappa shape index (κ1) is 9.46. The van der Waals surface area contributed by atoms with Crippen LogP contribution < -0.4 is 5.32 Å². The van der Waals surface area contributed by atoms with Crippen LogP contribution in [0, 0.1) is 12.3 Å². The third kappa shape index (κ3) is 2.04. The van der Waals surface area contributed by atoms with Crippen LogP contribution in [0.15, 0.2) is 18.2 Å². The van der Waals surface area contributed by atoms with Crippen molar-refractivity contribution in [3.8, 4) is 0 Å². The van der Waals surface area contributed by atoms with Gasteiger partial charge in [-0.25, -0.2) is 4.98 Å². The topological polar surface area (TPSA) is 34.1 Å². The zero-order chi connectivity index (χ0) is 10.0. The summed E-state index contributed by atoms with van der Waals surface area (Å²) in [7, 11) is 0. The molecule has 3 heteroatoms. The number of ether oxygens (including phenoxy) is 1. The van der Waals surface area contributed by atoms with Gasteiger partial charge in [-0.05, 0) is 19.1 Å². The second-order valence-electron chi connectivity index (χ2n) is 4.32. The standard InChI is InChI=1S/C11H16N2O/c1-9-4-3-5-10(13-9)12-6-11(2)7-14-8-11/h3-5H,6-8H2,1-2H3,(H,12,13). The fourth-order valence-electron chi connectivity index (χ4n) is 1.50. The van der Waals surface area contributed by atoms with Gasteiger partial charge in [-0.1, -0.05) is 13.0 Å². The van der Waals surface area contributed by atoms with Crippen LogP contribution >= 0.6 is 0 Å². The molecule has 1 saturated heterocycles. The number of pyridine rings is 1. The van der Waals surface area contributed by atoms with Gasteiger partial charge in [0.05, 0.1) is 13.2 Å². The summed E-state index contributed by atoms with van der Waals surface area (Å²) in [6, 6.07) is 6.01. The van der Waals surface area contributed by atoms with Crippen LogP contribution in [0.3, 0.4) is 0 Å². The van der Waals surface area contributed by atoms with Gasteiger partial charge in [0.15, 0.2) is 0 Å². The fraction of sp³-hybridized carbons (Fsp3) is 0.545. The lowest BCUT2D eigenvalue weighted by atomic mass is 9.89. The van der Waals surface area contributed by atoms with Crippen molar-refractivity contribution in [2.75, 3.05) is 25.1 Å². The van der Waals surface area contributed by atoms with Gasteiger partial charge in [-0.3, -0.25) is 0 Å². The maximum absolute atomic E-state index is 5.19. The molecule has 0 unspecified atom stereocenters. The van der Waals surface area contributed by atoms with Gasteiger partial charge in [-0.15, -0.1) is 0 Å². The Morgan fingerprint density at radius 2 is 2.29 bits per heavy atom. The van der Waals surface area contributed by atoms with E-state index in [0.29, 0.717) is 5.41 Å². The van der Waals surface area contributed by atoms with Crippen molar-refractivity contribution in [1.29, 1.82) is 0 Å². The number of hydrogen-bond acceptors (Lipinski definition) is 3. The van der Waals surface area contributed by atoms with E-state index in [1.165, 1.54) is 0 Å². The summed E-state index contributed by atoms with van der Waals surface area (Å²) in [6.45, 7) is 6.86. The zero-order valence-electron chi connectivity index (χ0n) is 8.71. The highest BCUT2D eigenvalue weighted by molar-refractivity contribution is 5.35. The van der Waals surface area contributed by atoms with Crippen LogP contribution in [-0.2, 0) is 4.74 Å². The summed E-state index contributed by atoms with van der Waals surface area (Å²) in [5.74, 6) is 0.957. The Morgan fingerprint density at radius 3 is 2.86 bits per heavy atom. The Hall–Kier alpha value is -1.09.